The molecule has 0 saturated carbocycles. The van der Waals surface area contributed by atoms with Gasteiger partial charge in [0, 0.05) is 25.3 Å². The predicted molar refractivity (Wildman–Crippen MR) is 81.9 cm³/mol. The highest BCUT2D eigenvalue weighted by Crippen LogP contribution is 2.28. The number of hydrogen-bond acceptors (Lipinski definition) is 4. The Morgan fingerprint density at radius 3 is 2.85 bits per heavy atom. The van der Waals surface area contributed by atoms with Crippen molar-refractivity contribution in [3.8, 4) is 5.75 Å². The van der Waals surface area contributed by atoms with Gasteiger partial charge in [-0.1, -0.05) is 12.1 Å². The molecule has 0 heterocycles. The van der Waals surface area contributed by atoms with E-state index in [1.54, 1.807) is 7.11 Å². The minimum absolute atomic E-state index is 0.0205. The summed E-state index contributed by atoms with van der Waals surface area (Å²) in [5, 5.41) is 5.87. The minimum Gasteiger partial charge on any atom is -0.482 e. The molecule has 1 rings (SSSR count). The molecule has 1 amide bonds. The molecule has 2 N–H and O–H groups in total. The fourth-order valence-corrected chi connectivity index (χ4v) is 2.31. The van der Waals surface area contributed by atoms with Crippen molar-refractivity contribution in [1.29, 1.82) is 0 Å². The van der Waals surface area contributed by atoms with E-state index in [4.69, 9.17) is 9.47 Å². The summed E-state index contributed by atoms with van der Waals surface area (Å²) < 4.78 is 11.4. The fraction of sp³-hybridized carbons (Fsp3) is 0.500. The first kappa shape index (κ1) is 16.9. The lowest BCUT2D eigenvalue weighted by Crippen LogP contribution is -2.38. The van der Waals surface area contributed by atoms with E-state index in [1.807, 2.05) is 32.2 Å². The van der Waals surface area contributed by atoms with E-state index in [9.17, 15) is 4.79 Å². The average molecular weight is 345 g/mol. The number of benzene rings is 1. The van der Waals surface area contributed by atoms with Crippen LogP contribution in [-0.4, -0.2) is 39.3 Å². The van der Waals surface area contributed by atoms with Crippen LogP contribution in [0, 0.1) is 0 Å². The van der Waals surface area contributed by atoms with Crippen LogP contribution in [0.1, 0.15) is 12.5 Å². The molecule has 0 aliphatic heterocycles. The number of carbonyl (C=O) groups is 1. The molecular formula is C14H21BrN2O3. The Morgan fingerprint density at radius 2 is 2.20 bits per heavy atom. The largest absolute Gasteiger partial charge is 0.482 e. The Balaban J connectivity index is 2.58. The highest BCUT2D eigenvalue weighted by atomic mass is 79.9. The van der Waals surface area contributed by atoms with Crippen molar-refractivity contribution in [2.45, 2.75) is 19.5 Å². The van der Waals surface area contributed by atoms with Crippen LogP contribution in [0.2, 0.25) is 0 Å². The molecule has 5 nitrogen and oxygen atoms in total. The molecule has 0 bridgehead atoms. The zero-order chi connectivity index (χ0) is 15.0. The highest BCUT2D eigenvalue weighted by molar-refractivity contribution is 9.10. The summed E-state index contributed by atoms with van der Waals surface area (Å²) in [5.74, 6) is 0.525. The number of ether oxygens (including phenoxy) is 2. The standard InChI is InChI=1S/C14H21BrN2O3/c1-10(8-19-3)17-13(18)9-20-14-11(7-16-2)5-4-6-12(14)15/h4-6,10,16H,7-9H2,1-3H3,(H,17,18). The van der Waals surface area contributed by atoms with Gasteiger partial charge in [-0.3, -0.25) is 4.79 Å². The Kier molecular flexibility index (Phi) is 7.58. The number of rotatable bonds is 8. The maximum Gasteiger partial charge on any atom is 0.258 e. The van der Waals surface area contributed by atoms with Crippen LogP contribution in [0.3, 0.4) is 0 Å². The lowest BCUT2D eigenvalue weighted by molar-refractivity contribution is -0.124. The summed E-state index contributed by atoms with van der Waals surface area (Å²) >= 11 is 3.44. The molecule has 1 aromatic rings. The third-order valence-corrected chi connectivity index (χ3v) is 3.21. The van der Waals surface area contributed by atoms with E-state index >= 15 is 0 Å². The van der Waals surface area contributed by atoms with E-state index in [1.165, 1.54) is 0 Å². The smallest absolute Gasteiger partial charge is 0.258 e. The first-order valence-corrected chi connectivity index (χ1v) is 7.20. The van der Waals surface area contributed by atoms with E-state index in [-0.39, 0.29) is 18.6 Å². The third kappa shape index (κ3) is 5.48. The molecule has 1 atom stereocenters. The second kappa shape index (κ2) is 8.94. The van der Waals surface area contributed by atoms with Crippen LogP contribution >= 0.6 is 15.9 Å². The number of methoxy groups -OCH3 is 1. The molecule has 112 valence electrons. The van der Waals surface area contributed by atoms with E-state index in [0.29, 0.717) is 18.9 Å². The molecule has 6 heteroatoms. The second-order valence-electron chi connectivity index (χ2n) is 4.47. The Bertz CT molecular complexity index is 440. The first-order chi connectivity index (χ1) is 9.58. The van der Waals surface area contributed by atoms with Crippen molar-refractivity contribution < 1.29 is 14.3 Å². The van der Waals surface area contributed by atoms with Gasteiger partial charge in [-0.05, 0) is 36.0 Å². The lowest BCUT2D eigenvalue weighted by Gasteiger charge is -2.15. The molecular weight excluding hydrogens is 324 g/mol. The molecule has 0 saturated heterocycles. The van der Waals surface area contributed by atoms with E-state index < -0.39 is 0 Å². The number of halogens is 1. The van der Waals surface area contributed by atoms with Gasteiger partial charge in [-0.25, -0.2) is 0 Å². The molecule has 20 heavy (non-hydrogen) atoms. The molecule has 1 unspecified atom stereocenters. The van der Waals surface area contributed by atoms with Crippen LogP contribution in [0.25, 0.3) is 0 Å². The number of para-hydroxylation sites is 1. The number of hydrogen-bond donors (Lipinski definition) is 2. The van der Waals surface area contributed by atoms with E-state index in [0.717, 1.165) is 10.0 Å². The summed E-state index contributed by atoms with van der Waals surface area (Å²) in [5.41, 5.74) is 1.000. The molecule has 0 aromatic heterocycles. The summed E-state index contributed by atoms with van der Waals surface area (Å²) in [4.78, 5) is 11.8. The third-order valence-electron chi connectivity index (χ3n) is 2.59. The quantitative estimate of drug-likeness (QED) is 0.753. The van der Waals surface area contributed by atoms with Crippen LogP contribution in [-0.2, 0) is 16.1 Å². The van der Waals surface area contributed by atoms with Gasteiger partial charge in [-0.15, -0.1) is 0 Å². The van der Waals surface area contributed by atoms with Gasteiger partial charge in [0.25, 0.3) is 5.91 Å². The van der Waals surface area contributed by atoms with Gasteiger partial charge in [0.1, 0.15) is 5.75 Å². The number of carbonyl (C=O) groups excluding carboxylic acids is 1. The Morgan fingerprint density at radius 1 is 1.45 bits per heavy atom. The van der Waals surface area contributed by atoms with Crippen molar-refractivity contribution in [3.05, 3.63) is 28.2 Å². The Hall–Kier alpha value is -1.11. The molecule has 0 fully saturated rings. The predicted octanol–water partition coefficient (Wildman–Crippen LogP) is 1.70. The molecule has 0 spiro atoms. The monoisotopic (exact) mass is 344 g/mol. The summed E-state index contributed by atoms with van der Waals surface area (Å²) in [6, 6.07) is 5.75. The zero-order valence-corrected chi connectivity index (χ0v) is 13.6. The van der Waals surface area contributed by atoms with Crippen LogP contribution in [0.5, 0.6) is 5.75 Å². The molecule has 0 aliphatic rings. The molecule has 0 radical (unpaired) electrons. The zero-order valence-electron chi connectivity index (χ0n) is 12.0. The van der Waals surface area contributed by atoms with Crippen molar-refractivity contribution in [2.24, 2.45) is 0 Å². The normalized spacial score (nSPS) is 12.0. The van der Waals surface area contributed by atoms with Crippen molar-refractivity contribution in [2.75, 3.05) is 27.4 Å². The topological polar surface area (TPSA) is 59.6 Å². The second-order valence-corrected chi connectivity index (χ2v) is 5.33. The van der Waals surface area contributed by atoms with E-state index in [2.05, 4.69) is 26.6 Å². The van der Waals surface area contributed by atoms with Gasteiger partial charge in [0.2, 0.25) is 0 Å². The number of amides is 1. The first-order valence-electron chi connectivity index (χ1n) is 6.41. The van der Waals surface area contributed by atoms with Gasteiger partial charge < -0.3 is 20.1 Å². The van der Waals surface area contributed by atoms with Crippen LogP contribution in [0.4, 0.5) is 0 Å². The van der Waals surface area contributed by atoms with Crippen molar-refractivity contribution >= 4 is 21.8 Å². The molecule has 0 aliphatic carbocycles. The SMILES string of the molecule is CNCc1cccc(Br)c1OCC(=O)NC(C)COC. The maximum atomic E-state index is 11.8. The minimum atomic E-state index is -0.166. The summed E-state index contributed by atoms with van der Waals surface area (Å²) in [6.07, 6.45) is 0. The lowest BCUT2D eigenvalue weighted by atomic mass is 10.2. The van der Waals surface area contributed by atoms with Gasteiger partial charge in [0.15, 0.2) is 6.61 Å². The summed E-state index contributed by atoms with van der Waals surface area (Å²) in [7, 11) is 3.47. The molecule has 1 aromatic carbocycles. The maximum absolute atomic E-state index is 11.8. The van der Waals surface area contributed by atoms with Gasteiger partial charge in [-0.2, -0.15) is 0 Å². The number of nitrogens with one attached hydrogen (secondary N) is 2. The highest BCUT2D eigenvalue weighted by Gasteiger charge is 2.11. The fourth-order valence-electron chi connectivity index (χ4n) is 1.79. The average Bonchev–Trinajstić information content (AvgIpc) is 2.38. The summed E-state index contributed by atoms with van der Waals surface area (Å²) in [6.45, 7) is 3.02. The van der Waals surface area contributed by atoms with Gasteiger partial charge >= 0.3 is 0 Å². The van der Waals surface area contributed by atoms with Crippen molar-refractivity contribution in [1.82, 2.24) is 10.6 Å². The van der Waals surface area contributed by atoms with Crippen LogP contribution < -0.4 is 15.4 Å². The van der Waals surface area contributed by atoms with Crippen LogP contribution in [0.15, 0.2) is 22.7 Å². The van der Waals surface area contributed by atoms with Gasteiger partial charge in [0.05, 0.1) is 11.1 Å². The Labute approximate surface area is 128 Å². The van der Waals surface area contributed by atoms with Crippen molar-refractivity contribution in [3.63, 3.8) is 0 Å².